The molecule has 0 spiro atoms. The van der Waals surface area contributed by atoms with E-state index in [2.05, 4.69) is 4.98 Å². The van der Waals surface area contributed by atoms with Crippen molar-refractivity contribution < 1.29 is 10.0 Å². The van der Waals surface area contributed by atoms with Crippen molar-refractivity contribution in [2.24, 2.45) is 11.5 Å². The van der Waals surface area contributed by atoms with Crippen LogP contribution in [-0.4, -0.2) is 16.1 Å². The Labute approximate surface area is 72.2 Å². The van der Waals surface area contributed by atoms with Gasteiger partial charge >= 0.3 is 0 Å². The molecule has 1 amide bonds. The van der Waals surface area contributed by atoms with Gasteiger partial charge in [-0.2, -0.15) is 0 Å². The summed E-state index contributed by atoms with van der Waals surface area (Å²) in [4.78, 5) is 14.4. The smallest absolute Gasteiger partial charge is 0.240 e. The molecule has 1 aromatic rings. The van der Waals surface area contributed by atoms with Crippen LogP contribution in [0.1, 0.15) is 11.7 Å². The lowest BCUT2D eigenvalue weighted by Crippen LogP contribution is -2.28. The Balaban J connectivity index is 2.81. The van der Waals surface area contributed by atoms with Crippen LogP contribution in [0.15, 0.2) is 5.38 Å². The van der Waals surface area contributed by atoms with Gasteiger partial charge in [0.05, 0.1) is 5.69 Å². The molecular weight excluding hydrogens is 180 g/mol. The zero-order valence-electron chi connectivity index (χ0n) is 6.02. The van der Waals surface area contributed by atoms with Gasteiger partial charge in [0.1, 0.15) is 6.04 Å². The zero-order valence-corrected chi connectivity index (χ0v) is 6.84. The Kier molecular flexibility index (Phi) is 2.58. The minimum atomic E-state index is -0.914. The lowest BCUT2D eigenvalue weighted by Gasteiger charge is -2.01. The Morgan fingerprint density at radius 3 is 2.92 bits per heavy atom. The SMILES string of the molecule is NC(=O)C(N)c1csc(NO)n1. The number of aromatic nitrogens is 1. The van der Waals surface area contributed by atoms with E-state index in [4.69, 9.17) is 16.7 Å². The van der Waals surface area contributed by atoms with E-state index in [9.17, 15) is 4.79 Å². The number of nitrogens with two attached hydrogens (primary N) is 2. The Morgan fingerprint density at radius 1 is 1.83 bits per heavy atom. The molecule has 1 atom stereocenters. The van der Waals surface area contributed by atoms with Crippen LogP contribution in [0.25, 0.3) is 0 Å². The molecule has 0 fully saturated rings. The van der Waals surface area contributed by atoms with Crippen molar-refractivity contribution in [3.63, 3.8) is 0 Å². The molecule has 0 aromatic carbocycles. The minimum Gasteiger partial charge on any atom is -0.368 e. The quantitative estimate of drug-likeness (QED) is 0.474. The van der Waals surface area contributed by atoms with Crippen molar-refractivity contribution in [3.8, 4) is 0 Å². The maximum Gasteiger partial charge on any atom is 0.240 e. The first-order chi connectivity index (χ1) is 5.65. The van der Waals surface area contributed by atoms with Gasteiger partial charge in [0.2, 0.25) is 11.0 Å². The average molecular weight is 188 g/mol. The number of carbonyl (C=O) groups excluding carboxylic acids is 1. The number of thiazole rings is 1. The second-order valence-electron chi connectivity index (χ2n) is 2.07. The van der Waals surface area contributed by atoms with Gasteiger partial charge in [0, 0.05) is 5.38 Å². The van der Waals surface area contributed by atoms with Gasteiger partial charge in [-0.1, -0.05) is 0 Å². The standard InChI is InChI=1S/C5H8N4O2S/c6-3(4(7)10)2-1-12-5(8-2)9-11/h1,3,11H,6H2,(H2,7,10)(H,8,9). The number of nitrogens with zero attached hydrogens (tertiary/aromatic N) is 1. The number of rotatable bonds is 3. The van der Waals surface area contributed by atoms with Gasteiger partial charge in [-0.15, -0.1) is 11.3 Å². The van der Waals surface area contributed by atoms with Crippen LogP contribution in [0.3, 0.4) is 0 Å². The second-order valence-corrected chi connectivity index (χ2v) is 2.93. The molecule has 0 aliphatic carbocycles. The molecule has 0 aliphatic heterocycles. The molecule has 0 bridgehead atoms. The van der Waals surface area contributed by atoms with Crippen LogP contribution in [0.4, 0.5) is 5.13 Å². The van der Waals surface area contributed by atoms with Crippen molar-refractivity contribution >= 4 is 22.4 Å². The van der Waals surface area contributed by atoms with Crippen LogP contribution < -0.4 is 16.9 Å². The summed E-state index contributed by atoms with van der Waals surface area (Å²) < 4.78 is 0. The summed E-state index contributed by atoms with van der Waals surface area (Å²) in [5, 5.41) is 10.2. The summed E-state index contributed by atoms with van der Waals surface area (Å²) in [7, 11) is 0. The second kappa shape index (κ2) is 3.48. The van der Waals surface area contributed by atoms with E-state index < -0.39 is 11.9 Å². The fourth-order valence-electron chi connectivity index (χ4n) is 0.626. The largest absolute Gasteiger partial charge is 0.368 e. The molecule has 7 heteroatoms. The van der Waals surface area contributed by atoms with E-state index in [0.29, 0.717) is 5.69 Å². The van der Waals surface area contributed by atoms with Crippen LogP contribution in [0.2, 0.25) is 0 Å². The molecular formula is C5H8N4O2S. The summed E-state index contributed by atoms with van der Waals surface area (Å²) >= 11 is 1.14. The zero-order chi connectivity index (χ0) is 9.14. The van der Waals surface area contributed by atoms with Crippen molar-refractivity contribution in [2.45, 2.75) is 6.04 Å². The Bertz CT molecular complexity index is 287. The molecule has 0 radical (unpaired) electrons. The number of primary amides is 1. The van der Waals surface area contributed by atoms with Gasteiger partial charge in [-0.25, -0.2) is 10.5 Å². The number of hydrogen-bond acceptors (Lipinski definition) is 6. The maximum absolute atomic E-state index is 10.6. The number of amides is 1. The summed E-state index contributed by atoms with van der Waals surface area (Å²) in [6.07, 6.45) is 0. The van der Waals surface area contributed by atoms with Crippen molar-refractivity contribution in [2.75, 3.05) is 5.48 Å². The fraction of sp³-hybridized carbons (Fsp3) is 0.200. The van der Waals surface area contributed by atoms with E-state index in [-0.39, 0.29) is 5.13 Å². The van der Waals surface area contributed by atoms with E-state index in [1.54, 1.807) is 5.38 Å². The highest BCUT2D eigenvalue weighted by Gasteiger charge is 2.15. The predicted octanol–water partition coefficient (Wildman–Crippen LogP) is -0.571. The monoisotopic (exact) mass is 188 g/mol. The maximum atomic E-state index is 10.6. The molecule has 0 aliphatic rings. The average Bonchev–Trinajstić information content (AvgIpc) is 2.50. The lowest BCUT2D eigenvalue weighted by atomic mass is 10.2. The molecule has 0 saturated carbocycles. The third kappa shape index (κ3) is 1.70. The molecule has 1 rings (SSSR count). The first-order valence-corrected chi connectivity index (χ1v) is 3.93. The highest BCUT2D eigenvalue weighted by atomic mass is 32.1. The third-order valence-corrected chi connectivity index (χ3v) is 2.01. The van der Waals surface area contributed by atoms with Gasteiger partial charge < -0.3 is 11.5 Å². The van der Waals surface area contributed by atoms with E-state index in [1.165, 1.54) is 0 Å². The summed E-state index contributed by atoms with van der Waals surface area (Å²) in [5.74, 6) is -0.648. The Hall–Kier alpha value is -1.18. The highest BCUT2D eigenvalue weighted by molar-refractivity contribution is 7.13. The first-order valence-electron chi connectivity index (χ1n) is 3.05. The summed E-state index contributed by atoms with van der Waals surface area (Å²) in [6.45, 7) is 0. The van der Waals surface area contributed by atoms with E-state index >= 15 is 0 Å². The van der Waals surface area contributed by atoms with Crippen molar-refractivity contribution in [3.05, 3.63) is 11.1 Å². The summed E-state index contributed by atoms with van der Waals surface area (Å²) in [6, 6.07) is -0.914. The van der Waals surface area contributed by atoms with Gasteiger partial charge in [-0.05, 0) is 0 Å². The number of carbonyl (C=O) groups is 1. The summed E-state index contributed by atoms with van der Waals surface area (Å²) in [5.41, 5.74) is 12.5. The van der Waals surface area contributed by atoms with Crippen molar-refractivity contribution in [1.29, 1.82) is 0 Å². The topological polar surface area (TPSA) is 114 Å². The van der Waals surface area contributed by atoms with Crippen LogP contribution in [-0.2, 0) is 4.79 Å². The molecule has 1 unspecified atom stereocenters. The minimum absolute atomic E-state index is 0.279. The first kappa shape index (κ1) is 8.91. The third-order valence-electron chi connectivity index (χ3n) is 1.24. The molecule has 6 nitrogen and oxygen atoms in total. The molecule has 1 heterocycles. The van der Waals surface area contributed by atoms with Crippen LogP contribution in [0.5, 0.6) is 0 Å². The van der Waals surface area contributed by atoms with Gasteiger partial charge in [0.15, 0.2) is 0 Å². The van der Waals surface area contributed by atoms with Crippen LogP contribution >= 0.6 is 11.3 Å². The molecule has 66 valence electrons. The lowest BCUT2D eigenvalue weighted by molar-refractivity contribution is -0.119. The van der Waals surface area contributed by atoms with E-state index in [0.717, 1.165) is 11.3 Å². The van der Waals surface area contributed by atoms with Gasteiger partial charge in [0.25, 0.3) is 0 Å². The van der Waals surface area contributed by atoms with Crippen molar-refractivity contribution in [1.82, 2.24) is 4.98 Å². The number of nitrogens with one attached hydrogen (secondary N) is 1. The molecule has 6 N–H and O–H groups in total. The highest BCUT2D eigenvalue weighted by Crippen LogP contribution is 2.18. The molecule has 0 saturated heterocycles. The normalized spacial score (nSPS) is 12.5. The number of hydrogen-bond donors (Lipinski definition) is 4. The number of anilines is 1. The van der Waals surface area contributed by atoms with E-state index in [1.807, 2.05) is 5.48 Å². The van der Waals surface area contributed by atoms with Crippen LogP contribution in [0, 0.1) is 0 Å². The fourth-order valence-corrected chi connectivity index (χ4v) is 1.27. The Morgan fingerprint density at radius 2 is 2.50 bits per heavy atom. The molecule has 1 aromatic heterocycles. The van der Waals surface area contributed by atoms with Gasteiger partial charge in [-0.3, -0.25) is 10.0 Å². The predicted molar refractivity (Wildman–Crippen MR) is 43.6 cm³/mol. The molecule has 12 heavy (non-hydrogen) atoms.